The Morgan fingerprint density at radius 1 is 1.08 bits per heavy atom. The van der Waals surface area contributed by atoms with Crippen LogP contribution in [0.3, 0.4) is 0 Å². The average molecular weight is 515 g/mol. The maximum Gasteiger partial charge on any atom is 0.295 e. The average Bonchev–Trinajstić information content (AvgIpc) is 3.15. The second-order valence-electron chi connectivity index (χ2n) is 10.0. The molecule has 0 bridgehead atoms. The van der Waals surface area contributed by atoms with Crippen LogP contribution < -0.4 is 9.47 Å². The van der Waals surface area contributed by atoms with Crippen molar-refractivity contribution in [3.05, 3.63) is 94.3 Å². The van der Waals surface area contributed by atoms with E-state index in [1.54, 1.807) is 37.7 Å². The minimum atomic E-state index is -0.825. The predicted molar refractivity (Wildman–Crippen MR) is 146 cm³/mol. The smallest absolute Gasteiger partial charge is 0.295 e. The van der Waals surface area contributed by atoms with E-state index in [0.717, 1.165) is 23.1 Å². The highest BCUT2D eigenvalue weighted by Crippen LogP contribution is 2.43. The Morgan fingerprint density at radius 3 is 2.55 bits per heavy atom. The Kier molecular flexibility index (Phi) is 8.15. The number of hydrogen-bond acceptors (Lipinski definition) is 6. The molecule has 1 aliphatic heterocycles. The molecule has 4 rings (SSSR count). The molecule has 1 amide bonds. The van der Waals surface area contributed by atoms with Gasteiger partial charge in [-0.25, -0.2) is 0 Å². The normalized spacial score (nSPS) is 16.8. The van der Waals surface area contributed by atoms with Crippen molar-refractivity contribution in [2.24, 2.45) is 5.92 Å². The number of hydrogen-bond donors (Lipinski definition) is 1. The highest BCUT2D eigenvalue weighted by Gasteiger charge is 2.46. The molecule has 0 saturated carbocycles. The monoisotopic (exact) mass is 514 g/mol. The molecule has 198 valence electrons. The number of aliphatic hydroxyl groups is 1. The lowest BCUT2D eigenvalue weighted by atomic mass is 9.93. The molecule has 1 saturated heterocycles. The summed E-state index contributed by atoms with van der Waals surface area (Å²) in [5, 5.41) is 11.5. The van der Waals surface area contributed by atoms with Crippen molar-refractivity contribution in [1.29, 1.82) is 0 Å². The first-order valence-electron chi connectivity index (χ1n) is 12.8. The summed E-state index contributed by atoms with van der Waals surface area (Å²) in [5.74, 6) is -0.0342. The number of carbonyl (C=O) groups excluding carboxylic acids is 2. The molecule has 2 aromatic carbocycles. The number of amides is 1. The second-order valence-corrected chi connectivity index (χ2v) is 10.0. The lowest BCUT2D eigenvalue weighted by Crippen LogP contribution is -2.29. The maximum absolute atomic E-state index is 13.4. The van der Waals surface area contributed by atoms with Gasteiger partial charge in [0.05, 0.1) is 25.3 Å². The Hall–Kier alpha value is -4.13. The number of Topliss-reactive ketones (excluding diaryl/α,β-unsaturated/α-hetero) is 1. The molecule has 0 aliphatic carbocycles. The van der Waals surface area contributed by atoms with Gasteiger partial charge in [-0.3, -0.25) is 14.6 Å². The van der Waals surface area contributed by atoms with Gasteiger partial charge in [-0.05, 0) is 67.1 Å². The van der Waals surface area contributed by atoms with Crippen LogP contribution in [0.2, 0.25) is 0 Å². The van der Waals surface area contributed by atoms with Crippen molar-refractivity contribution in [3.63, 3.8) is 0 Å². The fourth-order valence-corrected chi connectivity index (χ4v) is 4.59. The van der Waals surface area contributed by atoms with Crippen molar-refractivity contribution in [3.8, 4) is 11.5 Å². The standard InChI is InChI=1S/C31H34N2O5/c1-19(2)12-14-38-25-11-10-23(16-26(25)37-5)28-27(29(34)24-15-20(3)8-9-21(24)4)30(35)31(36)33(28)18-22-7-6-13-32-17-22/h6-11,13,15-17,19,28,34H,12,14,18H2,1-5H3/b29-27+. The summed E-state index contributed by atoms with van der Waals surface area (Å²) in [6.07, 6.45) is 4.21. The van der Waals surface area contributed by atoms with Crippen molar-refractivity contribution < 1.29 is 24.2 Å². The summed E-state index contributed by atoms with van der Waals surface area (Å²) in [6.45, 7) is 8.73. The van der Waals surface area contributed by atoms with Crippen LogP contribution in [0.15, 0.2) is 66.5 Å². The topological polar surface area (TPSA) is 89.0 Å². The van der Waals surface area contributed by atoms with Crippen molar-refractivity contribution in [2.45, 2.75) is 46.7 Å². The molecule has 7 heteroatoms. The SMILES string of the molecule is COc1cc(C2/C(=C(\O)c3cc(C)ccc3C)C(=O)C(=O)N2Cc2cccnc2)ccc1OCCC(C)C. The van der Waals surface area contributed by atoms with Gasteiger partial charge >= 0.3 is 0 Å². The number of aryl methyl sites for hydroxylation is 2. The zero-order valence-electron chi connectivity index (χ0n) is 22.5. The molecule has 0 spiro atoms. The van der Waals surface area contributed by atoms with Crippen LogP contribution in [0, 0.1) is 19.8 Å². The first-order chi connectivity index (χ1) is 18.2. The molecule has 38 heavy (non-hydrogen) atoms. The lowest BCUT2D eigenvalue weighted by Gasteiger charge is -2.26. The summed E-state index contributed by atoms with van der Waals surface area (Å²) in [4.78, 5) is 32.4. The molecule has 1 atom stereocenters. The van der Waals surface area contributed by atoms with Crippen LogP contribution in [0.5, 0.6) is 11.5 Å². The summed E-state index contributed by atoms with van der Waals surface area (Å²) in [5.41, 5.74) is 3.71. The fourth-order valence-electron chi connectivity index (χ4n) is 4.59. The Balaban J connectivity index is 1.84. The summed E-state index contributed by atoms with van der Waals surface area (Å²) in [7, 11) is 1.55. The summed E-state index contributed by atoms with van der Waals surface area (Å²) in [6, 6.07) is 13.8. The molecule has 2 heterocycles. The number of likely N-dealkylation sites (tertiary alicyclic amines) is 1. The molecule has 3 aromatic rings. The predicted octanol–water partition coefficient (Wildman–Crippen LogP) is 5.75. The van der Waals surface area contributed by atoms with Gasteiger partial charge in [-0.2, -0.15) is 0 Å². The number of carbonyl (C=O) groups is 2. The number of nitrogens with zero attached hydrogens (tertiary/aromatic N) is 2. The highest BCUT2D eigenvalue weighted by molar-refractivity contribution is 6.46. The van der Waals surface area contributed by atoms with E-state index in [0.29, 0.717) is 35.2 Å². The Morgan fingerprint density at radius 2 is 1.87 bits per heavy atom. The van der Waals surface area contributed by atoms with Gasteiger partial charge in [-0.1, -0.05) is 43.7 Å². The van der Waals surface area contributed by atoms with Gasteiger partial charge in [-0.15, -0.1) is 0 Å². The van der Waals surface area contributed by atoms with E-state index >= 15 is 0 Å². The Labute approximate surface area is 223 Å². The number of aromatic nitrogens is 1. The van der Waals surface area contributed by atoms with Gasteiger partial charge in [0.15, 0.2) is 11.5 Å². The van der Waals surface area contributed by atoms with Crippen molar-refractivity contribution >= 4 is 17.4 Å². The number of rotatable bonds is 9. The van der Waals surface area contributed by atoms with Crippen LogP contribution in [-0.2, 0) is 16.1 Å². The number of ketones is 1. The minimum absolute atomic E-state index is 0.0446. The van der Waals surface area contributed by atoms with Crippen LogP contribution in [0.4, 0.5) is 0 Å². The van der Waals surface area contributed by atoms with Crippen LogP contribution in [0.25, 0.3) is 5.76 Å². The first-order valence-corrected chi connectivity index (χ1v) is 12.8. The zero-order chi connectivity index (χ0) is 27.4. The van der Waals surface area contributed by atoms with E-state index in [4.69, 9.17) is 9.47 Å². The van der Waals surface area contributed by atoms with E-state index in [1.165, 1.54) is 4.90 Å². The largest absolute Gasteiger partial charge is 0.507 e. The van der Waals surface area contributed by atoms with E-state index < -0.39 is 17.7 Å². The second kappa shape index (κ2) is 11.5. The van der Waals surface area contributed by atoms with Crippen molar-refractivity contribution in [2.75, 3.05) is 13.7 Å². The fraction of sp³-hybridized carbons (Fsp3) is 0.323. The third kappa shape index (κ3) is 5.57. The third-order valence-corrected chi connectivity index (χ3v) is 6.72. The summed E-state index contributed by atoms with van der Waals surface area (Å²) < 4.78 is 11.6. The quantitative estimate of drug-likeness (QED) is 0.222. The number of methoxy groups -OCH3 is 1. The minimum Gasteiger partial charge on any atom is -0.507 e. The van der Waals surface area contributed by atoms with E-state index in [1.807, 2.05) is 44.2 Å². The van der Waals surface area contributed by atoms with Crippen LogP contribution in [-0.4, -0.2) is 40.4 Å². The first kappa shape index (κ1) is 26.9. The van der Waals surface area contributed by atoms with E-state index in [2.05, 4.69) is 18.8 Å². The number of ether oxygens (including phenoxy) is 2. The number of benzene rings is 2. The van der Waals surface area contributed by atoms with Crippen LogP contribution in [0.1, 0.15) is 54.1 Å². The summed E-state index contributed by atoms with van der Waals surface area (Å²) >= 11 is 0. The van der Waals surface area contributed by atoms with Crippen LogP contribution >= 0.6 is 0 Å². The van der Waals surface area contributed by atoms with E-state index in [-0.39, 0.29) is 17.9 Å². The number of aliphatic hydroxyl groups excluding tert-OH is 1. The molecule has 1 unspecified atom stereocenters. The molecule has 1 aromatic heterocycles. The van der Waals surface area contributed by atoms with Gasteiger partial charge in [0.1, 0.15) is 5.76 Å². The Bertz CT molecular complexity index is 1360. The van der Waals surface area contributed by atoms with Crippen molar-refractivity contribution in [1.82, 2.24) is 9.88 Å². The van der Waals surface area contributed by atoms with E-state index in [9.17, 15) is 14.7 Å². The molecule has 1 fully saturated rings. The van der Waals surface area contributed by atoms with Gasteiger partial charge in [0, 0.05) is 24.5 Å². The molecular formula is C31H34N2O5. The van der Waals surface area contributed by atoms with Gasteiger partial charge < -0.3 is 19.5 Å². The third-order valence-electron chi connectivity index (χ3n) is 6.72. The molecule has 7 nitrogen and oxygen atoms in total. The molecule has 1 aliphatic rings. The maximum atomic E-state index is 13.4. The highest BCUT2D eigenvalue weighted by atomic mass is 16.5. The van der Waals surface area contributed by atoms with Gasteiger partial charge in [0.2, 0.25) is 0 Å². The number of pyridine rings is 1. The molecular weight excluding hydrogens is 480 g/mol. The molecule has 0 radical (unpaired) electrons. The lowest BCUT2D eigenvalue weighted by molar-refractivity contribution is -0.140. The molecule has 1 N–H and O–H groups in total. The van der Waals surface area contributed by atoms with Gasteiger partial charge in [0.25, 0.3) is 11.7 Å². The zero-order valence-corrected chi connectivity index (χ0v) is 22.5.